The second kappa shape index (κ2) is 4.23. The van der Waals surface area contributed by atoms with Crippen LogP contribution in [-0.4, -0.2) is 43.0 Å². The predicted molar refractivity (Wildman–Crippen MR) is 17.1 cm³/mol. The molecule has 0 saturated heterocycles. The van der Waals surface area contributed by atoms with E-state index in [0.29, 0.717) is 0 Å². The molecule has 0 aliphatic heterocycles. The average molecular weight is 152 g/mol. The van der Waals surface area contributed by atoms with Crippen molar-refractivity contribution in [2.24, 2.45) is 0 Å². The summed E-state index contributed by atoms with van der Waals surface area (Å²) in [6.07, 6.45) is 0. The molecule has 0 unspecified atom stereocenters. The van der Waals surface area contributed by atoms with Crippen molar-refractivity contribution in [3.05, 3.63) is 0 Å². The third-order valence-electron chi connectivity index (χ3n) is 0.100. The van der Waals surface area contributed by atoms with Crippen molar-refractivity contribution < 1.29 is 24.3 Å². The van der Waals surface area contributed by atoms with Crippen LogP contribution < -0.4 is 9.79 Å². The number of hydrogen-bond acceptors (Lipinski definition) is 5. The molecule has 0 radical (unpaired) electrons. The summed E-state index contributed by atoms with van der Waals surface area (Å²) >= 11 is 0. The van der Waals surface area contributed by atoms with E-state index in [9.17, 15) is 0 Å². The second-order valence-corrected chi connectivity index (χ2v) is 1.59. The Morgan fingerprint density at radius 3 is 1.71 bits per heavy atom. The summed E-state index contributed by atoms with van der Waals surface area (Å²) < 4.78 is 11.4. The molecule has 1 N–H and O–H groups in total. The third-order valence-corrected chi connectivity index (χ3v) is 0.300. The van der Waals surface area contributed by atoms with Crippen molar-refractivity contribution in [2.45, 2.75) is 0 Å². The van der Waals surface area contributed by atoms with E-state index < -0.39 is 7.82 Å². The van der Waals surface area contributed by atoms with E-state index >= 15 is 0 Å². The summed E-state index contributed by atoms with van der Waals surface area (Å²) in [7, 11) is -5.09. The van der Waals surface area contributed by atoms with Gasteiger partial charge in [-0.2, -0.15) is 0 Å². The monoisotopic (exact) mass is 152 g/mol. The molecule has 0 aromatic heterocycles. The zero-order valence-electron chi connectivity index (χ0n) is 3.23. The minimum absolute atomic E-state index is 0. The molecule has 0 bridgehead atoms. The van der Waals surface area contributed by atoms with Crippen LogP contribution in [0.25, 0.3) is 0 Å². The van der Waals surface area contributed by atoms with Crippen molar-refractivity contribution in [1.82, 2.24) is 0 Å². The largest absolute Gasteiger partial charge is 2.00 e. The van der Waals surface area contributed by atoms with Gasteiger partial charge in [0.1, 0.15) is 0 Å². The van der Waals surface area contributed by atoms with Gasteiger partial charge in [0.05, 0.1) is 7.82 Å². The molecular formula is HCaO5P. The maximum atomic E-state index is 9.00. The molecule has 0 aromatic rings. The van der Waals surface area contributed by atoms with E-state index in [1.165, 1.54) is 0 Å². The Morgan fingerprint density at radius 2 is 1.71 bits per heavy atom. The quantitative estimate of drug-likeness (QED) is 0.201. The van der Waals surface area contributed by atoms with Gasteiger partial charge in [-0.1, -0.05) is 0 Å². The van der Waals surface area contributed by atoms with Crippen LogP contribution in [0.1, 0.15) is 0 Å². The van der Waals surface area contributed by atoms with Crippen molar-refractivity contribution in [3.63, 3.8) is 0 Å². The summed E-state index contributed by atoms with van der Waals surface area (Å²) in [5, 5.41) is 7.01. The van der Waals surface area contributed by atoms with Gasteiger partial charge in [0.2, 0.25) is 0 Å². The molecule has 7 heteroatoms. The van der Waals surface area contributed by atoms with Crippen LogP contribution in [0, 0.1) is 0 Å². The van der Waals surface area contributed by atoms with Gasteiger partial charge in [-0.05, 0) is 0 Å². The summed E-state index contributed by atoms with van der Waals surface area (Å²) in [6.45, 7) is 0. The van der Waals surface area contributed by atoms with Gasteiger partial charge < -0.3 is 14.4 Å². The molecule has 7 heavy (non-hydrogen) atoms. The summed E-state index contributed by atoms with van der Waals surface area (Å²) in [5.41, 5.74) is 0. The molecule has 0 amide bonds. The second-order valence-electron chi connectivity index (χ2n) is 0.529. The first kappa shape index (κ1) is 11.2. The molecule has 0 aliphatic rings. The summed E-state index contributed by atoms with van der Waals surface area (Å²) in [6, 6.07) is 0. The fourth-order valence-electron chi connectivity index (χ4n) is 0. The molecular weight excluding hydrogens is 151 g/mol. The first-order chi connectivity index (χ1) is 2.56. The van der Waals surface area contributed by atoms with Crippen LogP contribution in [0.2, 0.25) is 0 Å². The Morgan fingerprint density at radius 1 is 1.57 bits per heavy atom. The molecule has 0 spiro atoms. The molecule has 0 aliphatic carbocycles. The van der Waals surface area contributed by atoms with E-state index in [1.807, 2.05) is 0 Å². The SMILES string of the molecule is O=P([O-])([O-])OO.[Ca+2]. The van der Waals surface area contributed by atoms with Crippen LogP contribution in [0.3, 0.4) is 0 Å². The molecule has 5 nitrogen and oxygen atoms in total. The van der Waals surface area contributed by atoms with Gasteiger partial charge >= 0.3 is 37.7 Å². The molecule has 0 heterocycles. The standard InChI is InChI=1S/Ca.H3O5P/c;1-5-6(2,3)4/h;1H,(H2,2,3,4)/q+2;/p-2. The van der Waals surface area contributed by atoms with Gasteiger partial charge in [0.25, 0.3) is 0 Å². The molecule has 0 atom stereocenters. The number of rotatable bonds is 1. The Kier molecular flexibility index (Phi) is 6.75. The van der Waals surface area contributed by atoms with Crippen LogP contribution in [0.15, 0.2) is 0 Å². The molecule has 0 rings (SSSR count). The smallest absolute Gasteiger partial charge is 0.788 e. The van der Waals surface area contributed by atoms with E-state index in [1.54, 1.807) is 0 Å². The van der Waals surface area contributed by atoms with Crippen molar-refractivity contribution >= 4 is 45.6 Å². The van der Waals surface area contributed by atoms with Gasteiger partial charge in [-0.3, -0.25) is 0 Å². The van der Waals surface area contributed by atoms with Crippen molar-refractivity contribution in [3.8, 4) is 0 Å². The first-order valence-electron chi connectivity index (χ1n) is 0.913. The van der Waals surface area contributed by atoms with E-state index in [-0.39, 0.29) is 37.7 Å². The van der Waals surface area contributed by atoms with E-state index in [2.05, 4.69) is 4.67 Å². The minimum Gasteiger partial charge on any atom is -0.788 e. The topological polar surface area (TPSA) is 92.7 Å². The van der Waals surface area contributed by atoms with Crippen molar-refractivity contribution in [2.75, 3.05) is 0 Å². The summed E-state index contributed by atoms with van der Waals surface area (Å²) in [5.74, 6) is 0. The number of phosphoric acid groups is 1. The number of hydrogen-bond donors (Lipinski definition) is 1. The minimum atomic E-state index is -5.09. The average Bonchev–Trinajstić information content (AvgIpc) is 1.35. The predicted octanol–water partition coefficient (Wildman–Crippen LogP) is -2.08. The zero-order chi connectivity index (χ0) is 5.21. The Balaban J connectivity index is 0. The molecule has 38 valence electrons. The van der Waals surface area contributed by atoms with Gasteiger partial charge in [0, 0.05) is 0 Å². The third kappa shape index (κ3) is 11.1. The van der Waals surface area contributed by atoms with Gasteiger partial charge in [0.15, 0.2) is 0 Å². The van der Waals surface area contributed by atoms with Crippen LogP contribution in [0.5, 0.6) is 0 Å². The van der Waals surface area contributed by atoms with Crippen LogP contribution in [-0.2, 0) is 9.24 Å². The Bertz CT molecular complexity index is 72.1. The Labute approximate surface area is 69.5 Å². The van der Waals surface area contributed by atoms with Crippen LogP contribution in [0.4, 0.5) is 0 Å². The maximum absolute atomic E-state index is 9.00. The first-order valence-corrected chi connectivity index (χ1v) is 2.37. The fraction of sp³-hybridized carbons (Fsp3) is 0. The molecule has 0 fully saturated rings. The molecule has 0 aromatic carbocycles. The zero-order valence-corrected chi connectivity index (χ0v) is 6.34. The van der Waals surface area contributed by atoms with Crippen LogP contribution >= 0.6 is 7.82 Å². The van der Waals surface area contributed by atoms with Gasteiger partial charge in [-0.25, -0.2) is 9.93 Å². The van der Waals surface area contributed by atoms with E-state index in [4.69, 9.17) is 19.6 Å². The molecule has 0 saturated carbocycles. The van der Waals surface area contributed by atoms with Gasteiger partial charge in [-0.15, -0.1) is 0 Å². The van der Waals surface area contributed by atoms with E-state index in [0.717, 1.165) is 0 Å². The summed E-state index contributed by atoms with van der Waals surface area (Å²) in [4.78, 5) is 18.0. The Hall–Kier alpha value is 1.33. The fourth-order valence-corrected chi connectivity index (χ4v) is 0. The van der Waals surface area contributed by atoms with Crippen molar-refractivity contribution in [1.29, 1.82) is 0 Å². The normalized spacial score (nSPS) is 10.1. The maximum Gasteiger partial charge on any atom is 2.00 e.